The standard InChI is InChI=1S/C20H20N2O4/c1-14(23)21-17(12-15-8-4-2-5-9-15)19(24)22-18(20(25)26)13-16-10-6-3-7-11-16/h2-12,18H,13H2,1H3,(H,21,23)(H,22,24)(H,25,26)/b17-12+/t18-/m0/s1. The maximum Gasteiger partial charge on any atom is 0.326 e. The molecule has 2 amide bonds. The van der Waals surface area contributed by atoms with E-state index in [0.717, 1.165) is 5.56 Å². The second-order valence-electron chi connectivity index (χ2n) is 5.70. The fourth-order valence-electron chi connectivity index (χ4n) is 2.35. The zero-order chi connectivity index (χ0) is 18.9. The summed E-state index contributed by atoms with van der Waals surface area (Å²) in [5.74, 6) is -2.23. The van der Waals surface area contributed by atoms with E-state index in [2.05, 4.69) is 10.6 Å². The van der Waals surface area contributed by atoms with Crippen molar-refractivity contribution in [2.45, 2.75) is 19.4 Å². The summed E-state index contributed by atoms with van der Waals surface area (Å²) in [4.78, 5) is 35.5. The van der Waals surface area contributed by atoms with Crippen LogP contribution in [0.4, 0.5) is 0 Å². The molecule has 6 nitrogen and oxygen atoms in total. The molecule has 0 aromatic heterocycles. The molecule has 0 aliphatic carbocycles. The summed E-state index contributed by atoms with van der Waals surface area (Å²) in [7, 11) is 0. The van der Waals surface area contributed by atoms with Gasteiger partial charge in [0.15, 0.2) is 0 Å². The average Bonchev–Trinajstić information content (AvgIpc) is 2.62. The number of carboxylic acids is 1. The lowest BCUT2D eigenvalue weighted by atomic mass is 10.1. The van der Waals surface area contributed by atoms with E-state index in [-0.39, 0.29) is 12.1 Å². The molecule has 0 bridgehead atoms. The molecule has 2 rings (SSSR count). The van der Waals surface area contributed by atoms with Crippen LogP contribution in [0.3, 0.4) is 0 Å². The topological polar surface area (TPSA) is 95.5 Å². The number of benzene rings is 2. The average molecular weight is 352 g/mol. The Balaban J connectivity index is 2.19. The first-order valence-electron chi connectivity index (χ1n) is 8.07. The van der Waals surface area contributed by atoms with Gasteiger partial charge in [-0.15, -0.1) is 0 Å². The van der Waals surface area contributed by atoms with Crippen LogP contribution in [0.5, 0.6) is 0 Å². The largest absolute Gasteiger partial charge is 0.480 e. The van der Waals surface area contributed by atoms with E-state index in [0.29, 0.717) is 5.56 Å². The summed E-state index contributed by atoms with van der Waals surface area (Å²) in [6, 6.07) is 16.9. The summed E-state index contributed by atoms with van der Waals surface area (Å²) in [5.41, 5.74) is 1.48. The number of hydrogen-bond acceptors (Lipinski definition) is 3. The monoisotopic (exact) mass is 352 g/mol. The first-order chi connectivity index (χ1) is 12.5. The van der Waals surface area contributed by atoms with E-state index >= 15 is 0 Å². The molecule has 2 aromatic carbocycles. The minimum atomic E-state index is -1.15. The summed E-state index contributed by atoms with van der Waals surface area (Å²) in [6.07, 6.45) is 1.64. The van der Waals surface area contributed by atoms with E-state index < -0.39 is 23.8 Å². The van der Waals surface area contributed by atoms with Crippen LogP contribution in [0.1, 0.15) is 18.1 Å². The number of carbonyl (C=O) groups excluding carboxylic acids is 2. The second-order valence-corrected chi connectivity index (χ2v) is 5.70. The highest BCUT2D eigenvalue weighted by Crippen LogP contribution is 2.07. The van der Waals surface area contributed by atoms with Gasteiger partial charge in [-0.05, 0) is 17.2 Å². The summed E-state index contributed by atoms with van der Waals surface area (Å²) >= 11 is 0. The van der Waals surface area contributed by atoms with Gasteiger partial charge in [-0.2, -0.15) is 0 Å². The van der Waals surface area contributed by atoms with Crippen LogP contribution < -0.4 is 10.6 Å². The SMILES string of the molecule is CC(=O)N/C(=C/c1ccccc1)C(=O)N[C@@H](Cc1ccccc1)C(=O)O. The van der Waals surface area contributed by atoms with Crippen LogP contribution >= 0.6 is 0 Å². The maximum absolute atomic E-state index is 12.5. The van der Waals surface area contributed by atoms with Crippen molar-refractivity contribution in [3.8, 4) is 0 Å². The summed E-state index contributed by atoms with van der Waals surface area (Å²) in [6.45, 7) is 1.28. The summed E-state index contributed by atoms with van der Waals surface area (Å²) in [5, 5.41) is 14.3. The van der Waals surface area contributed by atoms with Gasteiger partial charge < -0.3 is 15.7 Å². The van der Waals surface area contributed by atoms with Crippen LogP contribution in [0.2, 0.25) is 0 Å². The van der Waals surface area contributed by atoms with E-state index in [1.165, 1.54) is 13.0 Å². The Morgan fingerprint density at radius 3 is 2.12 bits per heavy atom. The molecule has 6 heteroatoms. The Kier molecular flexibility index (Phi) is 6.68. The maximum atomic E-state index is 12.5. The highest BCUT2D eigenvalue weighted by atomic mass is 16.4. The molecule has 1 atom stereocenters. The molecule has 3 N–H and O–H groups in total. The van der Waals surface area contributed by atoms with Crippen molar-refractivity contribution in [1.29, 1.82) is 0 Å². The zero-order valence-corrected chi connectivity index (χ0v) is 14.3. The van der Waals surface area contributed by atoms with E-state index in [4.69, 9.17) is 0 Å². The first-order valence-corrected chi connectivity index (χ1v) is 8.07. The Morgan fingerprint density at radius 2 is 1.58 bits per heavy atom. The lowest BCUT2D eigenvalue weighted by Crippen LogP contribution is -2.45. The van der Waals surface area contributed by atoms with Crippen molar-refractivity contribution >= 4 is 23.9 Å². The fourth-order valence-corrected chi connectivity index (χ4v) is 2.35. The third kappa shape index (κ3) is 5.90. The van der Waals surface area contributed by atoms with Crippen LogP contribution in [0, 0.1) is 0 Å². The molecule has 0 heterocycles. The third-order valence-electron chi connectivity index (χ3n) is 3.55. The smallest absolute Gasteiger partial charge is 0.326 e. The Hall–Kier alpha value is -3.41. The van der Waals surface area contributed by atoms with Crippen LogP contribution in [-0.4, -0.2) is 28.9 Å². The number of rotatable bonds is 7. The zero-order valence-electron chi connectivity index (χ0n) is 14.3. The molecular weight excluding hydrogens is 332 g/mol. The van der Waals surface area contributed by atoms with E-state index in [9.17, 15) is 19.5 Å². The lowest BCUT2D eigenvalue weighted by molar-refractivity contribution is -0.141. The number of carboxylic acid groups (broad SMARTS) is 1. The first kappa shape index (κ1) is 18.9. The number of carbonyl (C=O) groups is 3. The minimum Gasteiger partial charge on any atom is -0.480 e. The molecule has 134 valence electrons. The molecule has 0 fully saturated rings. The third-order valence-corrected chi connectivity index (χ3v) is 3.55. The van der Waals surface area contributed by atoms with Gasteiger partial charge in [-0.25, -0.2) is 4.79 Å². The van der Waals surface area contributed by atoms with Gasteiger partial charge in [-0.3, -0.25) is 9.59 Å². The van der Waals surface area contributed by atoms with Crippen LogP contribution in [-0.2, 0) is 20.8 Å². The number of amides is 2. The Morgan fingerprint density at radius 1 is 1.00 bits per heavy atom. The molecule has 26 heavy (non-hydrogen) atoms. The van der Waals surface area contributed by atoms with Crippen LogP contribution in [0.25, 0.3) is 6.08 Å². The van der Waals surface area contributed by atoms with Crippen LogP contribution in [0.15, 0.2) is 66.4 Å². The van der Waals surface area contributed by atoms with Gasteiger partial charge in [0.25, 0.3) is 5.91 Å². The van der Waals surface area contributed by atoms with Crippen molar-refractivity contribution in [2.24, 2.45) is 0 Å². The summed E-state index contributed by atoms with van der Waals surface area (Å²) < 4.78 is 0. The molecule has 0 saturated carbocycles. The van der Waals surface area contributed by atoms with Gasteiger partial charge in [0.2, 0.25) is 5.91 Å². The quantitative estimate of drug-likeness (QED) is 0.664. The van der Waals surface area contributed by atoms with Gasteiger partial charge in [-0.1, -0.05) is 60.7 Å². The predicted octanol–water partition coefficient (Wildman–Crippen LogP) is 1.98. The molecular formula is C20H20N2O4. The van der Waals surface area contributed by atoms with Crippen molar-refractivity contribution < 1.29 is 19.5 Å². The highest BCUT2D eigenvalue weighted by molar-refractivity contribution is 6.02. The molecule has 0 spiro atoms. The van der Waals surface area contributed by atoms with Crippen molar-refractivity contribution in [2.75, 3.05) is 0 Å². The van der Waals surface area contributed by atoms with Crippen molar-refractivity contribution in [3.05, 3.63) is 77.5 Å². The minimum absolute atomic E-state index is 0.0111. The van der Waals surface area contributed by atoms with Gasteiger partial charge >= 0.3 is 5.97 Å². The molecule has 2 aromatic rings. The second kappa shape index (κ2) is 9.17. The number of nitrogens with one attached hydrogen (secondary N) is 2. The normalized spacial score (nSPS) is 12.1. The van der Waals surface area contributed by atoms with Crippen molar-refractivity contribution in [1.82, 2.24) is 10.6 Å². The fraction of sp³-hybridized carbons (Fsp3) is 0.150. The Bertz CT molecular complexity index is 801. The highest BCUT2D eigenvalue weighted by Gasteiger charge is 2.22. The predicted molar refractivity (Wildman–Crippen MR) is 97.9 cm³/mol. The molecule has 0 aliphatic heterocycles. The van der Waals surface area contributed by atoms with E-state index in [1.54, 1.807) is 48.5 Å². The molecule has 0 radical (unpaired) electrons. The Labute approximate surface area is 151 Å². The van der Waals surface area contributed by atoms with Crippen molar-refractivity contribution in [3.63, 3.8) is 0 Å². The van der Waals surface area contributed by atoms with Gasteiger partial charge in [0.05, 0.1) is 0 Å². The molecule has 0 unspecified atom stereocenters. The number of aliphatic carboxylic acids is 1. The van der Waals surface area contributed by atoms with E-state index in [1.807, 2.05) is 12.1 Å². The van der Waals surface area contributed by atoms with Gasteiger partial charge in [0, 0.05) is 13.3 Å². The van der Waals surface area contributed by atoms with Gasteiger partial charge in [0.1, 0.15) is 11.7 Å². The molecule has 0 aliphatic rings. The molecule has 0 saturated heterocycles. The lowest BCUT2D eigenvalue weighted by Gasteiger charge is -2.16. The number of hydrogen-bond donors (Lipinski definition) is 3.